The Kier molecular flexibility index (Phi) is 7.54. The van der Waals surface area contributed by atoms with Gasteiger partial charge in [0.25, 0.3) is 0 Å². The average molecular weight is 386 g/mol. The van der Waals surface area contributed by atoms with E-state index < -0.39 is 0 Å². The largest absolute Gasteiger partial charge is 0.497 e. The fourth-order valence-electron chi connectivity index (χ4n) is 4.27. The van der Waals surface area contributed by atoms with Crippen LogP contribution >= 0.6 is 0 Å². The first-order valence-corrected chi connectivity index (χ1v) is 10.3. The topological polar surface area (TPSA) is 44.9 Å². The van der Waals surface area contributed by atoms with Crippen LogP contribution in [0.1, 0.15) is 43.4 Å². The van der Waals surface area contributed by atoms with Crippen LogP contribution < -0.4 is 9.64 Å². The molecule has 1 unspecified atom stereocenters. The summed E-state index contributed by atoms with van der Waals surface area (Å²) >= 11 is 0. The van der Waals surface area contributed by atoms with Gasteiger partial charge in [0.2, 0.25) is 0 Å². The fraction of sp³-hybridized carbons (Fsp3) is 0.522. The summed E-state index contributed by atoms with van der Waals surface area (Å²) in [5, 5.41) is 0. The molecule has 0 saturated heterocycles. The summed E-state index contributed by atoms with van der Waals surface area (Å²) in [5.41, 5.74) is 2.45. The van der Waals surface area contributed by atoms with Crippen LogP contribution in [0, 0.1) is 5.92 Å². The van der Waals surface area contributed by atoms with Crippen molar-refractivity contribution in [2.75, 3.05) is 27.3 Å². The summed E-state index contributed by atoms with van der Waals surface area (Å²) in [6.45, 7) is 3.10. The molecule has 1 aromatic carbocycles. The van der Waals surface area contributed by atoms with Gasteiger partial charge in [-0.2, -0.15) is 0 Å². The highest BCUT2D eigenvalue weighted by atomic mass is 16.5. The number of hydrogen-bond donors (Lipinski definition) is 1. The highest BCUT2D eigenvalue weighted by Crippen LogP contribution is 2.22. The van der Waals surface area contributed by atoms with E-state index in [1.807, 2.05) is 12.1 Å². The van der Waals surface area contributed by atoms with Crippen molar-refractivity contribution in [1.82, 2.24) is 4.57 Å². The number of ether oxygens (including phenoxy) is 2. The molecule has 1 aliphatic rings. The van der Waals surface area contributed by atoms with E-state index in [4.69, 9.17) is 9.47 Å². The van der Waals surface area contributed by atoms with E-state index in [9.17, 15) is 4.79 Å². The van der Waals surface area contributed by atoms with E-state index in [1.54, 1.807) is 7.11 Å². The second-order valence-electron chi connectivity index (χ2n) is 7.87. The van der Waals surface area contributed by atoms with E-state index in [2.05, 4.69) is 35.0 Å². The van der Waals surface area contributed by atoms with Crippen molar-refractivity contribution >= 4 is 5.97 Å². The summed E-state index contributed by atoms with van der Waals surface area (Å²) in [7, 11) is 3.17. The molecule has 1 heterocycles. The molecule has 152 valence electrons. The number of carbonyl (C=O) groups excluding carboxylic acids is 1. The average Bonchev–Trinajstić information content (AvgIpc) is 3.15. The minimum Gasteiger partial charge on any atom is -0.497 e. The van der Waals surface area contributed by atoms with E-state index in [1.165, 1.54) is 55.4 Å². The second-order valence-corrected chi connectivity index (χ2v) is 7.87. The molecule has 28 heavy (non-hydrogen) atoms. The number of benzene rings is 1. The van der Waals surface area contributed by atoms with Crippen LogP contribution in [0.2, 0.25) is 0 Å². The lowest BCUT2D eigenvalue weighted by molar-refractivity contribution is -0.910. The van der Waals surface area contributed by atoms with Crippen LogP contribution in [0.3, 0.4) is 0 Å². The van der Waals surface area contributed by atoms with Gasteiger partial charge in [-0.15, -0.1) is 0 Å². The maximum absolute atomic E-state index is 12.0. The zero-order valence-electron chi connectivity index (χ0n) is 17.2. The second kappa shape index (κ2) is 10.3. The highest BCUT2D eigenvalue weighted by Gasteiger charge is 2.23. The van der Waals surface area contributed by atoms with Gasteiger partial charge < -0.3 is 18.9 Å². The summed E-state index contributed by atoms with van der Waals surface area (Å²) in [6.07, 6.45) is 8.69. The number of esters is 1. The number of hydrogen-bond acceptors (Lipinski definition) is 3. The Hall–Kier alpha value is -2.27. The molecule has 1 atom stereocenters. The standard InChI is InChI=1S/C23H32N2O3/c1-27-22-12-6-10-20(14-22)16-25-13-7-11-21(25)17-24(18-23(26)28-2)15-19-8-4-3-5-9-19/h6-7,10-14,19H,3-5,8-9,15-18H2,1-2H3/p+1. The summed E-state index contributed by atoms with van der Waals surface area (Å²) in [4.78, 5) is 13.3. The zero-order chi connectivity index (χ0) is 19.8. The molecule has 0 bridgehead atoms. The molecule has 0 amide bonds. The number of nitrogens with one attached hydrogen (secondary N) is 1. The van der Waals surface area contributed by atoms with Gasteiger partial charge in [0.15, 0.2) is 6.54 Å². The van der Waals surface area contributed by atoms with Crippen LogP contribution in [0.15, 0.2) is 42.6 Å². The van der Waals surface area contributed by atoms with Crippen molar-refractivity contribution in [3.63, 3.8) is 0 Å². The van der Waals surface area contributed by atoms with Gasteiger partial charge in [-0.05, 0) is 42.7 Å². The molecule has 0 spiro atoms. The van der Waals surface area contributed by atoms with Crippen molar-refractivity contribution in [1.29, 1.82) is 0 Å². The van der Waals surface area contributed by atoms with E-state index in [-0.39, 0.29) is 5.97 Å². The Balaban J connectivity index is 1.69. The fourth-order valence-corrected chi connectivity index (χ4v) is 4.27. The van der Waals surface area contributed by atoms with Crippen LogP contribution in [0.5, 0.6) is 5.75 Å². The molecule has 5 nitrogen and oxygen atoms in total. The third kappa shape index (κ3) is 5.86. The van der Waals surface area contributed by atoms with Crippen molar-refractivity contribution < 1.29 is 19.2 Å². The molecule has 0 aliphatic heterocycles. The highest BCUT2D eigenvalue weighted by molar-refractivity contribution is 5.70. The van der Waals surface area contributed by atoms with Gasteiger partial charge in [-0.1, -0.05) is 31.4 Å². The number of aromatic nitrogens is 1. The monoisotopic (exact) mass is 385 g/mol. The predicted octanol–water partition coefficient (Wildman–Crippen LogP) is 2.68. The number of rotatable bonds is 9. The Morgan fingerprint density at radius 1 is 1.14 bits per heavy atom. The van der Waals surface area contributed by atoms with Gasteiger partial charge in [0.05, 0.1) is 26.5 Å². The number of methoxy groups -OCH3 is 2. The molecule has 1 aliphatic carbocycles. The van der Waals surface area contributed by atoms with Crippen LogP contribution in [-0.2, 0) is 22.6 Å². The summed E-state index contributed by atoms with van der Waals surface area (Å²) in [6, 6.07) is 12.4. The summed E-state index contributed by atoms with van der Waals surface area (Å²) in [5.74, 6) is 1.47. The number of quaternary nitrogens is 1. The molecule has 1 saturated carbocycles. The number of carbonyl (C=O) groups is 1. The van der Waals surface area contributed by atoms with Gasteiger partial charge >= 0.3 is 5.97 Å². The van der Waals surface area contributed by atoms with Gasteiger partial charge in [-0.3, -0.25) is 0 Å². The van der Waals surface area contributed by atoms with E-state index in [0.717, 1.165) is 31.3 Å². The number of nitrogens with zero attached hydrogens (tertiary/aromatic N) is 1. The first-order valence-electron chi connectivity index (χ1n) is 10.3. The van der Waals surface area contributed by atoms with Crippen LogP contribution in [0.25, 0.3) is 0 Å². The van der Waals surface area contributed by atoms with Crippen molar-refractivity contribution in [3.8, 4) is 5.75 Å². The quantitative estimate of drug-likeness (QED) is 0.675. The molecule has 0 radical (unpaired) electrons. The van der Waals surface area contributed by atoms with Gasteiger partial charge in [0, 0.05) is 18.7 Å². The molecule has 1 N–H and O–H groups in total. The summed E-state index contributed by atoms with van der Waals surface area (Å²) < 4.78 is 12.6. The lowest BCUT2D eigenvalue weighted by Crippen LogP contribution is -3.12. The van der Waals surface area contributed by atoms with Crippen LogP contribution in [-0.4, -0.2) is 37.8 Å². The van der Waals surface area contributed by atoms with Crippen LogP contribution in [0.4, 0.5) is 0 Å². The van der Waals surface area contributed by atoms with Crippen molar-refractivity contribution in [2.24, 2.45) is 5.92 Å². The minimum atomic E-state index is -0.128. The molecular formula is C23H33N2O3+. The Morgan fingerprint density at radius 3 is 2.71 bits per heavy atom. The van der Waals surface area contributed by atoms with Crippen molar-refractivity contribution in [2.45, 2.75) is 45.2 Å². The Labute approximate surface area is 168 Å². The van der Waals surface area contributed by atoms with E-state index in [0.29, 0.717) is 6.54 Å². The predicted molar refractivity (Wildman–Crippen MR) is 110 cm³/mol. The molecule has 2 aromatic rings. The van der Waals surface area contributed by atoms with E-state index >= 15 is 0 Å². The SMILES string of the molecule is COC(=O)C[NH+](Cc1cccn1Cc1cccc(OC)c1)CC1CCCCC1. The molecule has 1 aromatic heterocycles. The molecule has 1 fully saturated rings. The first kappa shape index (κ1) is 20.5. The lowest BCUT2D eigenvalue weighted by Gasteiger charge is -2.27. The lowest BCUT2D eigenvalue weighted by atomic mass is 9.89. The normalized spacial score (nSPS) is 15.9. The zero-order valence-corrected chi connectivity index (χ0v) is 17.2. The Morgan fingerprint density at radius 2 is 1.96 bits per heavy atom. The maximum Gasteiger partial charge on any atom is 0.361 e. The molecule has 3 rings (SSSR count). The molecule has 5 heteroatoms. The third-order valence-electron chi connectivity index (χ3n) is 5.77. The third-order valence-corrected chi connectivity index (χ3v) is 5.77. The van der Waals surface area contributed by atoms with Gasteiger partial charge in [-0.25, -0.2) is 4.79 Å². The molecular weight excluding hydrogens is 352 g/mol. The minimum absolute atomic E-state index is 0.128. The first-order chi connectivity index (χ1) is 13.7. The Bertz CT molecular complexity index is 750. The maximum atomic E-state index is 12.0. The van der Waals surface area contributed by atoms with Gasteiger partial charge in [0.1, 0.15) is 12.3 Å². The smallest absolute Gasteiger partial charge is 0.361 e. The van der Waals surface area contributed by atoms with Crippen molar-refractivity contribution in [3.05, 3.63) is 53.9 Å².